The van der Waals surface area contributed by atoms with Gasteiger partial charge in [0.1, 0.15) is 0 Å². The largest absolute Gasteiger partial charge is 0.376 e. The molecule has 0 saturated carbocycles. The molecule has 0 aliphatic rings. The van der Waals surface area contributed by atoms with Crippen molar-refractivity contribution < 1.29 is 9.59 Å². The fourth-order valence-corrected chi connectivity index (χ4v) is 2.28. The molecule has 2 amide bonds. The van der Waals surface area contributed by atoms with Crippen LogP contribution in [0.1, 0.15) is 15.9 Å². The maximum Gasteiger partial charge on any atom is 0.250 e. The number of halogens is 1. The van der Waals surface area contributed by atoms with Crippen molar-refractivity contribution in [2.24, 2.45) is 5.73 Å². The Morgan fingerprint density at radius 1 is 1.12 bits per heavy atom. The number of amides is 2. The van der Waals surface area contributed by atoms with E-state index in [1.807, 2.05) is 0 Å². The first-order valence-corrected chi connectivity index (χ1v) is 7.46. The molecule has 0 radical (unpaired) electrons. The predicted molar refractivity (Wildman–Crippen MR) is 92.8 cm³/mol. The second-order valence-corrected chi connectivity index (χ2v) is 5.40. The summed E-state index contributed by atoms with van der Waals surface area (Å²) in [5, 5.41) is 14.5. The van der Waals surface area contributed by atoms with Crippen molar-refractivity contribution in [1.82, 2.24) is 0 Å². The predicted octanol–water partition coefficient (Wildman–Crippen LogP) is 2.56. The summed E-state index contributed by atoms with van der Waals surface area (Å²) in [6.07, 6.45) is 0.331. The standard InChI is InChI=1S/C17H15ClN4O2/c18-15-9-13(5-6-14(15)17(20)24)21-10-16(23)22-12-3-1-11(2-4-12)7-8-19/h1-6,9,21H,7,10H2,(H2,20,24)(H,22,23). The molecule has 0 atom stereocenters. The Morgan fingerprint density at radius 3 is 2.38 bits per heavy atom. The molecule has 0 fully saturated rings. The van der Waals surface area contributed by atoms with E-state index in [1.54, 1.807) is 30.3 Å². The van der Waals surface area contributed by atoms with Gasteiger partial charge in [-0.2, -0.15) is 5.26 Å². The van der Waals surface area contributed by atoms with Gasteiger partial charge in [0.05, 0.1) is 29.6 Å². The van der Waals surface area contributed by atoms with Crippen molar-refractivity contribution in [3.05, 3.63) is 58.6 Å². The summed E-state index contributed by atoms with van der Waals surface area (Å²) >= 11 is 5.95. The Kier molecular flexibility index (Phi) is 5.77. The van der Waals surface area contributed by atoms with Gasteiger partial charge in [0, 0.05) is 11.4 Å². The van der Waals surface area contributed by atoms with Crippen molar-refractivity contribution in [2.45, 2.75) is 6.42 Å². The number of primary amides is 1. The molecule has 122 valence electrons. The highest BCUT2D eigenvalue weighted by Crippen LogP contribution is 2.20. The molecule has 2 rings (SSSR count). The molecule has 0 heterocycles. The molecule has 0 saturated heterocycles. The lowest BCUT2D eigenvalue weighted by atomic mass is 10.1. The minimum atomic E-state index is -0.607. The van der Waals surface area contributed by atoms with E-state index in [4.69, 9.17) is 22.6 Å². The molecule has 0 spiro atoms. The van der Waals surface area contributed by atoms with Gasteiger partial charge in [-0.15, -0.1) is 0 Å². The van der Waals surface area contributed by atoms with Gasteiger partial charge in [-0.25, -0.2) is 0 Å². The zero-order valence-electron chi connectivity index (χ0n) is 12.7. The summed E-state index contributed by atoms with van der Waals surface area (Å²) in [6.45, 7) is 0.0339. The number of carbonyl (C=O) groups excluding carboxylic acids is 2. The van der Waals surface area contributed by atoms with Gasteiger partial charge < -0.3 is 16.4 Å². The van der Waals surface area contributed by atoms with E-state index in [1.165, 1.54) is 12.1 Å². The monoisotopic (exact) mass is 342 g/mol. The van der Waals surface area contributed by atoms with Crippen molar-refractivity contribution in [1.29, 1.82) is 5.26 Å². The first kappa shape index (κ1) is 17.3. The number of hydrogen-bond donors (Lipinski definition) is 3. The lowest BCUT2D eigenvalue weighted by molar-refractivity contribution is -0.114. The molecule has 4 N–H and O–H groups in total. The minimum absolute atomic E-state index is 0.0339. The van der Waals surface area contributed by atoms with Gasteiger partial charge in [-0.3, -0.25) is 9.59 Å². The first-order chi connectivity index (χ1) is 11.5. The summed E-state index contributed by atoms with van der Waals surface area (Å²) in [5.41, 5.74) is 7.54. The van der Waals surface area contributed by atoms with Gasteiger partial charge in [-0.1, -0.05) is 23.7 Å². The fourth-order valence-electron chi connectivity index (χ4n) is 2.01. The third kappa shape index (κ3) is 4.73. The number of nitrogens with one attached hydrogen (secondary N) is 2. The van der Waals surface area contributed by atoms with Crippen LogP contribution in [0.4, 0.5) is 11.4 Å². The molecule has 0 aromatic heterocycles. The Morgan fingerprint density at radius 2 is 1.79 bits per heavy atom. The summed E-state index contributed by atoms with van der Waals surface area (Å²) in [4.78, 5) is 23.0. The number of carbonyl (C=O) groups is 2. The minimum Gasteiger partial charge on any atom is -0.376 e. The summed E-state index contributed by atoms with van der Waals surface area (Å²) in [7, 11) is 0. The summed E-state index contributed by atoms with van der Waals surface area (Å²) in [5.74, 6) is -0.845. The Bertz CT molecular complexity index is 797. The molecule has 0 bridgehead atoms. The number of rotatable bonds is 6. The molecular formula is C17H15ClN4O2. The lowest BCUT2D eigenvalue weighted by Crippen LogP contribution is -2.21. The molecular weight excluding hydrogens is 328 g/mol. The SMILES string of the molecule is N#CCc1ccc(NC(=O)CNc2ccc(C(N)=O)c(Cl)c2)cc1. The van der Waals surface area contributed by atoms with Crippen LogP contribution in [0.15, 0.2) is 42.5 Å². The van der Waals surface area contributed by atoms with Crippen LogP contribution in [0.5, 0.6) is 0 Å². The van der Waals surface area contributed by atoms with Gasteiger partial charge in [-0.05, 0) is 35.9 Å². The van der Waals surface area contributed by atoms with Gasteiger partial charge in [0.25, 0.3) is 0 Å². The summed E-state index contributed by atoms with van der Waals surface area (Å²) < 4.78 is 0. The van der Waals surface area contributed by atoms with Crippen LogP contribution in [-0.4, -0.2) is 18.4 Å². The van der Waals surface area contributed by atoms with Crippen LogP contribution in [0.3, 0.4) is 0 Å². The van der Waals surface area contributed by atoms with Crippen molar-refractivity contribution >= 4 is 34.8 Å². The average molecular weight is 343 g/mol. The molecule has 7 heteroatoms. The number of anilines is 2. The number of hydrogen-bond acceptors (Lipinski definition) is 4. The molecule has 2 aromatic rings. The highest BCUT2D eigenvalue weighted by Gasteiger charge is 2.08. The van der Waals surface area contributed by atoms with Crippen molar-refractivity contribution in [3.63, 3.8) is 0 Å². The second kappa shape index (κ2) is 7.99. The second-order valence-electron chi connectivity index (χ2n) is 4.99. The van der Waals surface area contributed by atoms with Gasteiger partial charge in [0.2, 0.25) is 11.8 Å². The Balaban J connectivity index is 1.90. The van der Waals surface area contributed by atoms with E-state index in [0.717, 1.165) is 5.56 Å². The average Bonchev–Trinajstić information content (AvgIpc) is 2.55. The number of nitriles is 1. The third-order valence-electron chi connectivity index (χ3n) is 3.21. The van der Waals surface area contributed by atoms with Crippen LogP contribution in [0.25, 0.3) is 0 Å². The number of nitrogens with two attached hydrogens (primary N) is 1. The molecule has 6 nitrogen and oxygen atoms in total. The van der Waals surface area contributed by atoms with Gasteiger partial charge in [0.15, 0.2) is 0 Å². The van der Waals surface area contributed by atoms with E-state index in [-0.39, 0.29) is 23.0 Å². The quantitative estimate of drug-likeness (QED) is 0.749. The molecule has 0 aliphatic carbocycles. The molecule has 2 aromatic carbocycles. The zero-order valence-corrected chi connectivity index (χ0v) is 13.4. The van der Waals surface area contributed by atoms with E-state index < -0.39 is 5.91 Å². The lowest BCUT2D eigenvalue weighted by Gasteiger charge is -2.09. The van der Waals surface area contributed by atoms with Crippen LogP contribution >= 0.6 is 11.6 Å². The maximum absolute atomic E-state index is 11.9. The molecule has 0 unspecified atom stereocenters. The Labute approximate surface area is 144 Å². The molecule has 24 heavy (non-hydrogen) atoms. The van der Waals surface area contributed by atoms with E-state index in [9.17, 15) is 9.59 Å². The smallest absolute Gasteiger partial charge is 0.250 e. The van der Waals surface area contributed by atoms with Crippen LogP contribution in [0, 0.1) is 11.3 Å². The summed E-state index contributed by atoms with van der Waals surface area (Å²) in [6, 6.07) is 13.8. The molecule has 0 aliphatic heterocycles. The zero-order chi connectivity index (χ0) is 17.5. The van der Waals surface area contributed by atoms with E-state index in [0.29, 0.717) is 17.8 Å². The Hall–Kier alpha value is -3.04. The van der Waals surface area contributed by atoms with Gasteiger partial charge >= 0.3 is 0 Å². The van der Waals surface area contributed by atoms with E-state index in [2.05, 4.69) is 16.7 Å². The first-order valence-electron chi connectivity index (χ1n) is 7.08. The number of nitrogens with zero attached hydrogens (tertiary/aromatic N) is 1. The van der Waals surface area contributed by atoms with Crippen molar-refractivity contribution in [2.75, 3.05) is 17.2 Å². The normalized spacial score (nSPS) is 9.83. The van der Waals surface area contributed by atoms with Crippen LogP contribution < -0.4 is 16.4 Å². The fraction of sp³-hybridized carbons (Fsp3) is 0.118. The van der Waals surface area contributed by atoms with E-state index >= 15 is 0 Å². The number of benzene rings is 2. The highest BCUT2D eigenvalue weighted by molar-refractivity contribution is 6.34. The van der Waals surface area contributed by atoms with Crippen molar-refractivity contribution in [3.8, 4) is 6.07 Å². The topological polar surface area (TPSA) is 108 Å². The van der Waals surface area contributed by atoms with Crippen LogP contribution in [-0.2, 0) is 11.2 Å². The maximum atomic E-state index is 11.9. The van der Waals surface area contributed by atoms with Crippen LogP contribution in [0.2, 0.25) is 5.02 Å². The third-order valence-corrected chi connectivity index (χ3v) is 3.52. The highest BCUT2D eigenvalue weighted by atomic mass is 35.5.